The largest absolute Gasteiger partial charge is 0.497 e. The predicted molar refractivity (Wildman–Crippen MR) is 80.3 cm³/mol. The van der Waals surface area contributed by atoms with E-state index in [-0.39, 0.29) is 5.91 Å². The molecule has 0 aliphatic carbocycles. The normalized spacial score (nSPS) is 28.3. The van der Waals surface area contributed by atoms with Crippen molar-refractivity contribution in [2.45, 2.75) is 38.4 Å². The summed E-state index contributed by atoms with van der Waals surface area (Å²) in [5.74, 6) is 1.53. The third-order valence-corrected chi connectivity index (χ3v) is 4.55. The van der Waals surface area contributed by atoms with Crippen molar-refractivity contribution in [3.63, 3.8) is 0 Å². The van der Waals surface area contributed by atoms with Crippen LogP contribution < -0.4 is 4.74 Å². The molecule has 1 amide bonds. The van der Waals surface area contributed by atoms with Crippen molar-refractivity contribution in [3.05, 3.63) is 29.8 Å². The van der Waals surface area contributed by atoms with Crippen molar-refractivity contribution >= 4 is 5.91 Å². The van der Waals surface area contributed by atoms with Gasteiger partial charge in [-0.3, -0.25) is 4.79 Å². The first-order valence-corrected chi connectivity index (χ1v) is 7.72. The smallest absolute Gasteiger partial charge is 0.227 e. The fourth-order valence-electron chi connectivity index (χ4n) is 3.49. The second-order valence-corrected chi connectivity index (χ2v) is 6.14. The zero-order valence-corrected chi connectivity index (χ0v) is 12.7. The van der Waals surface area contributed by atoms with Crippen molar-refractivity contribution in [2.75, 3.05) is 20.2 Å². The Balaban J connectivity index is 1.60. The molecule has 3 atom stereocenters. The second kappa shape index (κ2) is 6.06. The van der Waals surface area contributed by atoms with E-state index in [0.717, 1.165) is 37.2 Å². The number of methoxy groups -OCH3 is 1. The fraction of sp³-hybridized carbons (Fsp3) is 0.588. The molecule has 0 unspecified atom stereocenters. The highest BCUT2D eigenvalue weighted by Gasteiger charge is 2.38. The van der Waals surface area contributed by atoms with E-state index in [9.17, 15) is 4.79 Å². The van der Waals surface area contributed by atoms with Crippen LogP contribution in [0.1, 0.15) is 25.3 Å². The Bertz CT molecular complexity index is 517. The third kappa shape index (κ3) is 3.21. The van der Waals surface area contributed by atoms with E-state index in [2.05, 4.69) is 6.92 Å². The van der Waals surface area contributed by atoms with E-state index >= 15 is 0 Å². The Morgan fingerprint density at radius 1 is 1.48 bits per heavy atom. The van der Waals surface area contributed by atoms with E-state index < -0.39 is 0 Å². The van der Waals surface area contributed by atoms with Crippen LogP contribution in [0.25, 0.3) is 0 Å². The summed E-state index contributed by atoms with van der Waals surface area (Å²) in [7, 11) is 1.65. The van der Waals surface area contributed by atoms with Crippen LogP contribution in [0.2, 0.25) is 0 Å². The van der Waals surface area contributed by atoms with Gasteiger partial charge in [0.1, 0.15) is 5.75 Å². The first kappa shape index (κ1) is 14.4. The van der Waals surface area contributed by atoms with Gasteiger partial charge in [-0.25, -0.2) is 0 Å². The number of benzene rings is 1. The van der Waals surface area contributed by atoms with Gasteiger partial charge < -0.3 is 14.4 Å². The summed E-state index contributed by atoms with van der Waals surface area (Å²) in [5.41, 5.74) is 1.01. The number of rotatable bonds is 3. The first-order chi connectivity index (χ1) is 10.2. The van der Waals surface area contributed by atoms with Gasteiger partial charge in [0, 0.05) is 19.0 Å². The molecule has 1 aromatic carbocycles. The van der Waals surface area contributed by atoms with Crippen LogP contribution in [-0.4, -0.2) is 43.2 Å². The van der Waals surface area contributed by atoms with Crippen LogP contribution in [-0.2, 0) is 16.0 Å². The minimum Gasteiger partial charge on any atom is -0.497 e. The highest BCUT2D eigenvalue weighted by atomic mass is 16.5. The molecule has 4 heteroatoms. The molecule has 0 bridgehead atoms. The summed E-state index contributed by atoms with van der Waals surface area (Å²) in [5, 5.41) is 0. The number of nitrogens with zero attached hydrogens (tertiary/aromatic N) is 1. The molecule has 0 N–H and O–H groups in total. The first-order valence-electron chi connectivity index (χ1n) is 7.72. The van der Waals surface area contributed by atoms with Gasteiger partial charge in [0.2, 0.25) is 5.91 Å². The summed E-state index contributed by atoms with van der Waals surface area (Å²) in [4.78, 5) is 14.5. The second-order valence-electron chi connectivity index (χ2n) is 6.14. The number of ether oxygens (including phenoxy) is 2. The van der Waals surface area contributed by atoms with Gasteiger partial charge in [-0.15, -0.1) is 0 Å². The maximum Gasteiger partial charge on any atom is 0.227 e. The lowest BCUT2D eigenvalue weighted by Gasteiger charge is -2.34. The highest BCUT2D eigenvalue weighted by Crippen LogP contribution is 2.32. The minimum atomic E-state index is 0.209. The van der Waals surface area contributed by atoms with Crippen molar-refractivity contribution in [1.29, 1.82) is 0 Å². The molecule has 2 saturated heterocycles. The van der Waals surface area contributed by atoms with Crippen molar-refractivity contribution < 1.29 is 14.3 Å². The lowest BCUT2D eigenvalue weighted by molar-refractivity contribution is -0.133. The van der Waals surface area contributed by atoms with Gasteiger partial charge in [0.05, 0.1) is 25.7 Å². The van der Waals surface area contributed by atoms with Gasteiger partial charge in [-0.05, 0) is 37.5 Å². The van der Waals surface area contributed by atoms with Gasteiger partial charge in [0.25, 0.3) is 0 Å². The van der Waals surface area contributed by atoms with Crippen LogP contribution in [0.4, 0.5) is 0 Å². The van der Waals surface area contributed by atoms with Crippen molar-refractivity contribution in [2.24, 2.45) is 5.92 Å². The molecular weight excluding hydrogens is 266 g/mol. The van der Waals surface area contributed by atoms with E-state index in [1.807, 2.05) is 29.2 Å². The fourth-order valence-corrected chi connectivity index (χ4v) is 3.49. The minimum absolute atomic E-state index is 0.209. The van der Waals surface area contributed by atoms with Crippen LogP contribution in [0, 0.1) is 5.92 Å². The molecule has 114 valence electrons. The lowest BCUT2D eigenvalue weighted by Crippen LogP contribution is -2.45. The van der Waals surface area contributed by atoms with E-state index in [4.69, 9.17) is 9.47 Å². The molecule has 0 spiro atoms. The Labute approximate surface area is 126 Å². The van der Waals surface area contributed by atoms with Crippen molar-refractivity contribution in [1.82, 2.24) is 4.90 Å². The molecule has 3 rings (SSSR count). The number of hydrogen-bond acceptors (Lipinski definition) is 3. The average Bonchev–Trinajstić information content (AvgIpc) is 2.86. The molecule has 21 heavy (non-hydrogen) atoms. The summed E-state index contributed by atoms with van der Waals surface area (Å²) in [6, 6.07) is 7.75. The maximum absolute atomic E-state index is 12.5. The molecule has 0 radical (unpaired) electrons. The average molecular weight is 289 g/mol. The topological polar surface area (TPSA) is 38.8 Å². The molecule has 2 aliphatic heterocycles. The van der Waals surface area contributed by atoms with Gasteiger partial charge >= 0.3 is 0 Å². The van der Waals surface area contributed by atoms with Crippen LogP contribution >= 0.6 is 0 Å². The predicted octanol–water partition coefficient (Wildman–Crippen LogP) is 2.26. The van der Waals surface area contributed by atoms with Crippen LogP contribution in [0.15, 0.2) is 24.3 Å². The molecule has 0 saturated carbocycles. The lowest BCUT2D eigenvalue weighted by atomic mass is 9.92. The molecule has 0 aromatic heterocycles. The molecule has 2 aliphatic rings. The quantitative estimate of drug-likeness (QED) is 0.857. The molecule has 2 heterocycles. The monoisotopic (exact) mass is 289 g/mol. The van der Waals surface area contributed by atoms with Gasteiger partial charge in [0.15, 0.2) is 0 Å². The van der Waals surface area contributed by atoms with Crippen molar-refractivity contribution in [3.8, 4) is 5.75 Å². The van der Waals surface area contributed by atoms with E-state index in [0.29, 0.717) is 24.5 Å². The molecule has 2 fully saturated rings. The number of carbonyl (C=O) groups is 1. The molecule has 4 nitrogen and oxygen atoms in total. The third-order valence-electron chi connectivity index (χ3n) is 4.55. The number of amides is 1. The summed E-state index contributed by atoms with van der Waals surface area (Å²) in [6.07, 6.45) is 3.20. The summed E-state index contributed by atoms with van der Waals surface area (Å²) in [6.45, 7) is 3.79. The number of piperidine rings is 1. The Morgan fingerprint density at radius 3 is 3.14 bits per heavy atom. The van der Waals surface area contributed by atoms with E-state index in [1.54, 1.807) is 7.11 Å². The summed E-state index contributed by atoms with van der Waals surface area (Å²) < 4.78 is 11.1. The number of hydrogen-bond donors (Lipinski definition) is 0. The SMILES string of the molecule is COc1cccc(CC(=O)N2CC[C@H]3O[C@H](C)C[C@@H]3C2)c1. The molecule has 1 aromatic rings. The molecular formula is C17H23NO3. The van der Waals surface area contributed by atoms with E-state index in [1.165, 1.54) is 0 Å². The van der Waals surface area contributed by atoms with Gasteiger partial charge in [-0.1, -0.05) is 12.1 Å². The standard InChI is InChI=1S/C17H23NO3/c1-12-8-14-11-18(7-6-16(14)21-12)17(19)10-13-4-3-5-15(9-13)20-2/h3-5,9,12,14,16H,6-8,10-11H2,1-2H3/t12-,14-,16-/m1/s1. The Hall–Kier alpha value is -1.55. The zero-order valence-electron chi connectivity index (χ0n) is 12.7. The Morgan fingerprint density at radius 2 is 2.33 bits per heavy atom. The van der Waals surface area contributed by atoms with Crippen LogP contribution in [0.5, 0.6) is 5.75 Å². The summed E-state index contributed by atoms with van der Waals surface area (Å²) >= 11 is 0. The highest BCUT2D eigenvalue weighted by molar-refractivity contribution is 5.79. The zero-order chi connectivity index (χ0) is 14.8. The number of likely N-dealkylation sites (tertiary alicyclic amines) is 1. The number of fused-ring (bicyclic) bond motifs is 1. The Kier molecular flexibility index (Phi) is 4.15. The van der Waals surface area contributed by atoms with Gasteiger partial charge in [-0.2, -0.15) is 0 Å². The maximum atomic E-state index is 12.5. The number of carbonyl (C=O) groups excluding carboxylic acids is 1. The van der Waals surface area contributed by atoms with Crippen LogP contribution in [0.3, 0.4) is 0 Å².